The number of hydrogen-bond acceptors (Lipinski definition) is 6. The van der Waals surface area contributed by atoms with Gasteiger partial charge < -0.3 is 0 Å². The minimum Gasteiger partial charge on any atom is -0.279 e. The van der Waals surface area contributed by atoms with E-state index < -0.39 is 0 Å². The standard InChI is InChI=1S/C21H16FN5OS2/c1-12-3-8-17-15(9-12)19(28)26(2)20-25-24-18(27(17)20)11-30-21-23-16(10-29-21)13-4-6-14(22)7-5-13/h3-10H,11H2,1-2H3. The van der Waals surface area contributed by atoms with Crippen molar-refractivity contribution in [3.8, 4) is 11.3 Å². The molecule has 0 aliphatic rings. The SMILES string of the molecule is Cc1ccc2c(c1)c(=O)n(C)c1nnc(CSc3nc(-c4ccc(F)cc4)cs3)n21. The maximum Gasteiger partial charge on any atom is 0.262 e. The van der Waals surface area contributed by atoms with E-state index in [1.165, 1.54) is 28.0 Å². The van der Waals surface area contributed by atoms with Crippen molar-refractivity contribution in [2.75, 3.05) is 0 Å². The first-order valence-corrected chi connectivity index (χ1v) is 11.1. The lowest BCUT2D eigenvalue weighted by Gasteiger charge is -2.08. The van der Waals surface area contributed by atoms with Crippen LogP contribution in [0.15, 0.2) is 57.0 Å². The molecular weight excluding hydrogens is 421 g/mol. The van der Waals surface area contributed by atoms with Gasteiger partial charge in [-0.2, -0.15) is 0 Å². The molecule has 0 radical (unpaired) electrons. The van der Waals surface area contributed by atoms with Gasteiger partial charge in [-0.15, -0.1) is 21.5 Å². The number of rotatable bonds is 4. The van der Waals surface area contributed by atoms with Crippen molar-refractivity contribution in [2.24, 2.45) is 7.05 Å². The maximum atomic E-state index is 13.1. The van der Waals surface area contributed by atoms with E-state index >= 15 is 0 Å². The lowest BCUT2D eigenvalue weighted by atomic mass is 10.1. The molecule has 0 amide bonds. The lowest BCUT2D eigenvalue weighted by molar-refractivity contribution is 0.628. The highest BCUT2D eigenvalue weighted by Gasteiger charge is 2.16. The Balaban J connectivity index is 1.49. The zero-order valence-electron chi connectivity index (χ0n) is 16.2. The molecule has 6 nitrogen and oxygen atoms in total. The lowest BCUT2D eigenvalue weighted by Crippen LogP contribution is -2.20. The molecule has 5 rings (SSSR count). The summed E-state index contributed by atoms with van der Waals surface area (Å²) in [5.41, 5.74) is 3.43. The van der Waals surface area contributed by atoms with Crippen molar-refractivity contribution in [3.63, 3.8) is 0 Å². The first-order chi connectivity index (χ1) is 14.5. The number of aryl methyl sites for hydroxylation is 2. The molecule has 0 spiro atoms. The molecule has 5 aromatic rings. The number of benzene rings is 2. The number of aromatic nitrogens is 5. The Morgan fingerprint density at radius 2 is 1.93 bits per heavy atom. The van der Waals surface area contributed by atoms with Crippen LogP contribution in [0.4, 0.5) is 4.39 Å². The van der Waals surface area contributed by atoms with Crippen LogP contribution in [0.5, 0.6) is 0 Å². The summed E-state index contributed by atoms with van der Waals surface area (Å²) in [5.74, 6) is 1.55. The zero-order valence-corrected chi connectivity index (χ0v) is 17.8. The van der Waals surface area contributed by atoms with Crippen molar-refractivity contribution in [2.45, 2.75) is 17.0 Å². The van der Waals surface area contributed by atoms with Gasteiger partial charge in [0.2, 0.25) is 5.78 Å². The molecule has 0 aliphatic heterocycles. The minimum atomic E-state index is -0.265. The molecule has 0 unspecified atom stereocenters. The van der Waals surface area contributed by atoms with Crippen LogP contribution in [-0.4, -0.2) is 24.1 Å². The van der Waals surface area contributed by atoms with Crippen molar-refractivity contribution >= 4 is 39.8 Å². The summed E-state index contributed by atoms with van der Waals surface area (Å²) in [5, 5.41) is 11.2. The van der Waals surface area contributed by atoms with Gasteiger partial charge in [0.15, 0.2) is 4.34 Å². The number of hydrogen-bond donors (Lipinski definition) is 0. The molecule has 0 fully saturated rings. The average molecular weight is 438 g/mol. The van der Waals surface area contributed by atoms with Gasteiger partial charge in [0, 0.05) is 18.0 Å². The van der Waals surface area contributed by atoms with Crippen LogP contribution in [0.25, 0.3) is 27.9 Å². The predicted octanol–water partition coefficient (Wildman–Crippen LogP) is 4.44. The molecule has 0 N–H and O–H groups in total. The summed E-state index contributed by atoms with van der Waals surface area (Å²) in [6.07, 6.45) is 0. The molecule has 30 heavy (non-hydrogen) atoms. The highest BCUT2D eigenvalue weighted by molar-refractivity contribution is 8.00. The van der Waals surface area contributed by atoms with E-state index in [1.54, 1.807) is 30.9 Å². The number of thiazole rings is 1. The van der Waals surface area contributed by atoms with Gasteiger partial charge in [-0.05, 0) is 43.3 Å². The molecule has 150 valence electrons. The van der Waals surface area contributed by atoms with E-state index in [0.717, 1.165) is 32.5 Å². The normalized spacial score (nSPS) is 11.6. The maximum absolute atomic E-state index is 13.1. The largest absolute Gasteiger partial charge is 0.279 e. The Bertz CT molecular complexity index is 1450. The summed E-state index contributed by atoms with van der Waals surface area (Å²) in [6, 6.07) is 12.1. The predicted molar refractivity (Wildman–Crippen MR) is 118 cm³/mol. The fourth-order valence-electron chi connectivity index (χ4n) is 3.36. The number of thioether (sulfide) groups is 1. The summed E-state index contributed by atoms with van der Waals surface area (Å²) in [7, 11) is 1.71. The van der Waals surface area contributed by atoms with Crippen LogP contribution in [0, 0.1) is 12.7 Å². The third kappa shape index (κ3) is 3.20. The first kappa shape index (κ1) is 19.0. The monoisotopic (exact) mass is 437 g/mol. The van der Waals surface area contributed by atoms with Crippen molar-refractivity contribution in [1.82, 2.24) is 24.1 Å². The van der Waals surface area contributed by atoms with Crippen molar-refractivity contribution < 1.29 is 4.39 Å². The van der Waals surface area contributed by atoms with E-state index in [9.17, 15) is 9.18 Å². The second kappa shape index (κ2) is 7.33. The van der Waals surface area contributed by atoms with Gasteiger partial charge in [0.05, 0.1) is 22.3 Å². The number of fused-ring (bicyclic) bond motifs is 3. The van der Waals surface area contributed by atoms with Gasteiger partial charge in [-0.25, -0.2) is 9.37 Å². The van der Waals surface area contributed by atoms with Crippen LogP contribution >= 0.6 is 23.1 Å². The molecule has 0 aliphatic carbocycles. The van der Waals surface area contributed by atoms with E-state index in [2.05, 4.69) is 15.2 Å². The van der Waals surface area contributed by atoms with Gasteiger partial charge in [-0.3, -0.25) is 13.8 Å². The molecule has 0 atom stereocenters. The molecular formula is C21H16FN5OS2. The fraction of sp³-hybridized carbons (Fsp3) is 0.143. The van der Waals surface area contributed by atoms with Gasteiger partial charge >= 0.3 is 0 Å². The molecule has 2 aromatic carbocycles. The third-order valence-electron chi connectivity index (χ3n) is 4.89. The third-order valence-corrected chi connectivity index (χ3v) is 6.91. The summed E-state index contributed by atoms with van der Waals surface area (Å²) >= 11 is 3.09. The van der Waals surface area contributed by atoms with Crippen LogP contribution in [-0.2, 0) is 12.8 Å². The summed E-state index contributed by atoms with van der Waals surface area (Å²) in [4.78, 5) is 17.3. The van der Waals surface area contributed by atoms with Crippen LogP contribution in [0.3, 0.4) is 0 Å². The summed E-state index contributed by atoms with van der Waals surface area (Å²) < 4.78 is 17.5. The van der Waals surface area contributed by atoms with Crippen LogP contribution in [0.1, 0.15) is 11.4 Å². The smallest absolute Gasteiger partial charge is 0.262 e. The van der Waals surface area contributed by atoms with Gasteiger partial charge in [0.25, 0.3) is 5.56 Å². The highest BCUT2D eigenvalue weighted by atomic mass is 32.2. The molecule has 0 saturated heterocycles. The average Bonchev–Trinajstić information content (AvgIpc) is 3.38. The van der Waals surface area contributed by atoms with Gasteiger partial charge in [0.1, 0.15) is 11.6 Å². The Morgan fingerprint density at radius 1 is 1.13 bits per heavy atom. The molecule has 3 heterocycles. The molecule has 0 bridgehead atoms. The van der Waals surface area contributed by atoms with Gasteiger partial charge in [-0.1, -0.05) is 23.4 Å². The molecule has 3 aromatic heterocycles. The van der Waals surface area contributed by atoms with Crippen LogP contribution < -0.4 is 5.56 Å². The second-order valence-electron chi connectivity index (χ2n) is 6.93. The summed E-state index contributed by atoms with van der Waals surface area (Å²) in [6.45, 7) is 1.97. The zero-order chi connectivity index (χ0) is 20.8. The number of halogens is 1. The Hall–Kier alpha value is -3.04. The van der Waals surface area contributed by atoms with E-state index in [4.69, 9.17) is 0 Å². The Kier molecular flexibility index (Phi) is 4.63. The Labute approximate surface area is 179 Å². The second-order valence-corrected chi connectivity index (χ2v) is 9.01. The van der Waals surface area contributed by atoms with E-state index in [-0.39, 0.29) is 11.4 Å². The molecule has 9 heteroatoms. The fourth-order valence-corrected chi connectivity index (χ4v) is 5.10. The topological polar surface area (TPSA) is 65.1 Å². The number of nitrogens with zero attached hydrogens (tertiary/aromatic N) is 5. The van der Waals surface area contributed by atoms with E-state index in [0.29, 0.717) is 16.9 Å². The quantitative estimate of drug-likeness (QED) is 0.389. The van der Waals surface area contributed by atoms with E-state index in [1.807, 2.05) is 34.9 Å². The molecule has 0 saturated carbocycles. The van der Waals surface area contributed by atoms with Crippen LogP contribution in [0.2, 0.25) is 0 Å². The minimum absolute atomic E-state index is 0.0864. The highest BCUT2D eigenvalue weighted by Crippen LogP contribution is 2.30. The van der Waals surface area contributed by atoms with Crippen molar-refractivity contribution in [1.29, 1.82) is 0 Å². The Morgan fingerprint density at radius 3 is 2.73 bits per heavy atom. The van der Waals surface area contributed by atoms with Crippen molar-refractivity contribution in [3.05, 3.63) is 75.4 Å². The first-order valence-electron chi connectivity index (χ1n) is 9.19.